The Morgan fingerprint density at radius 2 is 2.40 bits per heavy atom. The number of hydrogen-bond donors (Lipinski definition) is 1. The summed E-state index contributed by atoms with van der Waals surface area (Å²) in [5, 5.41) is 13.1. The molecule has 1 aromatic carbocycles. The van der Waals surface area contributed by atoms with Gasteiger partial charge in [0.15, 0.2) is 0 Å². The second-order valence-electron chi connectivity index (χ2n) is 3.57. The Labute approximate surface area is 96.9 Å². The molecule has 0 bridgehead atoms. The number of rotatable bonds is 1. The molecule has 0 saturated heterocycles. The quantitative estimate of drug-likeness (QED) is 0.845. The molecule has 1 aromatic rings. The predicted octanol–water partition coefficient (Wildman–Crippen LogP) is 2.26. The van der Waals surface area contributed by atoms with Crippen molar-refractivity contribution < 1.29 is 0 Å². The summed E-state index contributed by atoms with van der Waals surface area (Å²) >= 11 is 3.48. The minimum absolute atomic E-state index is 0.384. The largest absolute Gasteiger partial charge is 0.309 e. The molecular formula is C11H10BrN3. The summed E-state index contributed by atoms with van der Waals surface area (Å²) in [6, 6.07) is 7.69. The van der Waals surface area contributed by atoms with Gasteiger partial charge < -0.3 is 5.43 Å². The van der Waals surface area contributed by atoms with Crippen LogP contribution in [-0.2, 0) is 0 Å². The molecule has 1 aliphatic rings. The monoisotopic (exact) mass is 263 g/mol. The van der Waals surface area contributed by atoms with E-state index in [-0.39, 0.29) is 0 Å². The molecule has 15 heavy (non-hydrogen) atoms. The van der Waals surface area contributed by atoms with E-state index < -0.39 is 0 Å². The fourth-order valence-corrected chi connectivity index (χ4v) is 2.04. The smallest absolute Gasteiger partial charge is 0.0991 e. The maximum absolute atomic E-state index is 8.84. The third kappa shape index (κ3) is 1.88. The first-order valence-electron chi connectivity index (χ1n) is 4.73. The van der Waals surface area contributed by atoms with E-state index in [1.807, 2.05) is 12.1 Å². The highest BCUT2D eigenvalue weighted by molar-refractivity contribution is 9.10. The van der Waals surface area contributed by atoms with E-state index in [2.05, 4.69) is 39.5 Å². The van der Waals surface area contributed by atoms with E-state index in [9.17, 15) is 0 Å². The number of nitriles is 1. The molecule has 0 aliphatic carbocycles. The second kappa shape index (κ2) is 4.03. The molecule has 0 spiro atoms. The molecule has 0 saturated carbocycles. The van der Waals surface area contributed by atoms with Crippen LogP contribution in [0.3, 0.4) is 0 Å². The van der Waals surface area contributed by atoms with Crippen molar-refractivity contribution in [1.29, 1.82) is 5.26 Å². The van der Waals surface area contributed by atoms with E-state index in [0.29, 0.717) is 11.5 Å². The van der Waals surface area contributed by atoms with Gasteiger partial charge in [0, 0.05) is 22.5 Å². The maximum atomic E-state index is 8.84. The number of hydrogen-bond acceptors (Lipinski definition) is 3. The van der Waals surface area contributed by atoms with Crippen molar-refractivity contribution in [3.05, 3.63) is 33.8 Å². The SMILES string of the molecule is CC1CNN=C1c1cc(C#N)ccc1Br. The topological polar surface area (TPSA) is 48.2 Å². The Bertz CT molecular complexity index is 459. The Kier molecular flexibility index (Phi) is 2.74. The van der Waals surface area contributed by atoms with Gasteiger partial charge in [-0.2, -0.15) is 10.4 Å². The van der Waals surface area contributed by atoms with Gasteiger partial charge in [0.25, 0.3) is 0 Å². The van der Waals surface area contributed by atoms with Crippen molar-refractivity contribution in [2.45, 2.75) is 6.92 Å². The molecule has 0 radical (unpaired) electrons. The van der Waals surface area contributed by atoms with Gasteiger partial charge in [-0.3, -0.25) is 0 Å². The molecule has 3 nitrogen and oxygen atoms in total. The highest BCUT2D eigenvalue weighted by atomic mass is 79.9. The van der Waals surface area contributed by atoms with Crippen LogP contribution in [0, 0.1) is 17.2 Å². The molecule has 0 fully saturated rings. The van der Waals surface area contributed by atoms with E-state index in [0.717, 1.165) is 22.3 Å². The Morgan fingerprint density at radius 1 is 1.60 bits per heavy atom. The van der Waals surface area contributed by atoms with Crippen molar-refractivity contribution in [3.63, 3.8) is 0 Å². The average Bonchev–Trinajstić information content (AvgIpc) is 2.65. The molecular weight excluding hydrogens is 254 g/mol. The molecule has 1 heterocycles. The van der Waals surface area contributed by atoms with Crippen molar-refractivity contribution in [3.8, 4) is 6.07 Å². The second-order valence-corrected chi connectivity index (χ2v) is 4.42. The van der Waals surface area contributed by atoms with Crippen molar-refractivity contribution in [2.24, 2.45) is 11.0 Å². The summed E-state index contributed by atoms with van der Waals surface area (Å²) in [5.74, 6) is 0.384. The van der Waals surface area contributed by atoms with Gasteiger partial charge in [-0.15, -0.1) is 0 Å². The lowest BCUT2D eigenvalue weighted by Gasteiger charge is -2.07. The number of hydrazone groups is 1. The van der Waals surface area contributed by atoms with Gasteiger partial charge >= 0.3 is 0 Å². The maximum Gasteiger partial charge on any atom is 0.0991 e. The fraction of sp³-hybridized carbons (Fsp3) is 0.273. The molecule has 1 atom stereocenters. The number of nitrogens with one attached hydrogen (secondary N) is 1. The van der Waals surface area contributed by atoms with Crippen LogP contribution in [0.4, 0.5) is 0 Å². The normalized spacial score (nSPS) is 19.3. The summed E-state index contributed by atoms with van der Waals surface area (Å²) < 4.78 is 0.982. The van der Waals surface area contributed by atoms with E-state index >= 15 is 0 Å². The van der Waals surface area contributed by atoms with Gasteiger partial charge in [-0.1, -0.05) is 22.9 Å². The Morgan fingerprint density at radius 3 is 3.00 bits per heavy atom. The lowest BCUT2D eigenvalue weighted by atomic mass is 9.98. The zero-order valence-corrected chi connectivity index (χ0v) is 9.87. The molecule has 0 amide bonds. The highest BCUT2D eigenvalue weighted by Crippen LogP contribution is 2.23. The van der Waals surface area contributed by atoms with Crippen LogP contribution >= 0.6 is 15.9 Å². The summed E-state index contributed by atoms with van der Waals surface area (Å²) in [6.45, 7) is 2.98. The molecule has 1 unspecified atom stereocenters. The van der Waals surface area contributed by atoms with Gasteiger partial charge in [-0.25, -0.2) is 0 Å². The average molecular weight is 264 g/mol. The van der Waals surface area contributed by atoms with Crippen LogP contribution in [0.5, 0.6) is 0 Å². The number of nitrogens with zero attached hydrogens (tertiary/aromatic N) is 2. The summed E-state index contributed by atoms with van der Waals surface area (Å²) in [4.78, 5) is 0. The van der Waals surface area contributed by atoms with Gasteiger partial charge in [0.2, 0.25) is 0 Å². The first kappa shape index (κ1) is 10.2. The first-order valence-corrected chi connectivity index (χ1v) is 5.52. The Hall–Kier alpha value is -1.34. The lowest BCUT2D eigenvalue weighted by molar-refractivity contribution is 0.708. The highest BCUT2D eigenvalue weighted by Gasteiger charge is 2.20. The van der Waals surface area contributed by atoms with Crippen molar-refractivity contribution in [2.75, 3.05) is 6.54 Å². The van der Waals surface area contributed by atoms with Crippen molar-refractivity contribution in [1.82, 2.24) is 5.43 Å². The van der Waals surface area contributed by atoms with Crippen LogP contribution in [0.25, 0.3) is 0 Å². The standard InChI is InChI=1S/C11H10BrN3/c1-7-6-14-15-11(7)9-4-8(5-13)2-3-10(9)12/h2-4,7,14H,6H2,1H3. The van der Waals surface area contributed by atoms with Crippen molar-refractivity contribution >= 4 is 21.6 Å². The zero-order chi connectivity index (χ0) is 10.8. The van der Waals surface area contributed by atoms with Crippen LogP contribution in [0.1, 0.15) is 18.1 Å². The third-order valence-corrected chi connectivity index (χ3v) is 3.13. The predicted molar refractivity (Wildman–Crippen MR) is 62.6 cm³/mol. The van der Waals surface area contributed by atoms with Crippen LogP contribution in [0.15, 0.2) is 27.8 Å². The first-order chi connectivity index (χ1) is 7.22. The lowest BCUT2D eigenvalue weighted by Crippen LogP contribution is -2.12. The number of halogens is 1. The fourth-order valence-electron chi connectivity index (χ4n) is 1.59. The summed E-state index contributed by atoms with van der Waals surface area (Å²) in [5.41, 5.74) is 5.65. The molecule has 2 rings (SSSR count). The van der Waals surface area contributed by atoms with Gasteiger partial charge in [-0.05, 0) is 18.2 Å². The van der Waals surface area contributed by atoms with Gasteiger partial charge in [0.1, 0.15) is 0 Å². The van der Waals surface area contributed by atoms with Crippen LogP contribution in [0.2, 0.25) is 0 Å². The molecule has 4 heteroatoms. The molecule has 76 valence electrons. The summed E-state index contributed by atoms with van der Waals surface area (Å²) in [7, 11) is 0. The molecule has 0 aromatic heterocycles. The van der Waals surface area contributed by atoms with Crippen LogP contribution in [-0.4, -0.2) is 12.3 Å². The zero-order valence-electron chi connectivity index (χ0n) is 8.29. The number of benzene rings is 1. The molecule has 1 aliphatic heterocycles. The van der Waals surface area contributed by atoms with Crippen LogP contribution < -0.4 is 5.43 Å². The van der Waals surface area contributed by atoms with E-state index in [1.54, 1.807) is 6.07 Å². The summed E-state index contributed by atoms with van der Waals surface area (Å²) in [6.07, 6.45) is 0. The molecule has 1 N–H and O–H groups in total. The minimum Gasteiger partial charge on any atom is -0.309 e. The Balaban J connectivity index is 2.48. The third-order valence-electron chi connectivity index (χ3n) is 2.44. The minimum atomic E-state index is 0.384. The van der Waals surface area contributed by atoms with E-state index in [4.69, 9.17) is 5.26 Å². The van der Waals surface area contributed by atoms with Gasteiger partial charge in [0.05, 0.1) is 17.3 Å². The van der Waals surface area contributed by atoms with E-state index in [1.165, 1.54) is 0 Å².